The zero-order valence-corrected chi connectivity index (χ0v) is 15.3. The van der Waals surface area contributed by atoms with Gasteiger partial charge in [-0.3, -0.25) is 9.58 Å². The Morgan fingerprint density at radius 2 is 2.21 bits per heavy atom. The number of rotatable bonds is 6. The number of nitrogens with one attached hydrogen (secondary N) is 1. The van der Waals surface area contributed by atoms with Crippen LogP contribution in [-0.4, -0.2) is 75.1 Å². The number of carbonyl (C=O) groups is 1. The van der Waals surface area contributed by atoms with Crippen molar-refractivity contribution in [1.29, 1.82) is 0 Å². The Morgan fingerprint density at radius 1 is 1.46 bits per heavy atom. The molecule has 1 aliphatic heterocycles. The highest BCUT2D eigenvalue weighted by atomic mass is 16.3. The molecule has 24 heavy (non-hydrogen) atoms. The maximum atomic E-state index is 12.4. The summed E-state index contributed by atoms with van der Waals surface area (Å²) in [4.78, 5) is 16.5. The molecule has 1 aliphatic rings. The smallest absolute Gasteiger partial charge is 0.317 e. The monoisotopic (exact) mass is 337 g/mol. The minimum atomic E-state index is -0.702. The minimum Gasteiger partial charge on any atom is -0.389 e. The summed E-state index contributed by atoms with van der Waals surface area (Å²) in [6, 6.07) is 2.04. The minimum absolute atomic E-state index is 0.00211. The van der Waals surface area contributed by atoms with Crippen LogP contribution in [0.2, 0.25) is 0 Å². The first kappa shape index (κ1) is 18.7. The van der Waals surface area contributed by atoms with Crippen LogP contribution in [0, 0.1) is 5.92 Å². The maximum Gasteiger partial charge on any atom is 0.317 e. The van der Waals surface area contributed by atoms with Crippen LogP contribution in [0.25, 0.3) is 0 Å². The Hall–Kier alpha value is -1.60. The van der Waals surface area contributed by atoms with Crippen molar-refractivity contribution in [2.45, 2.75) is 45.9 Å². The molecule has 2 heterocycles. The number of carbonyl (C=O) groups excluding carboxylic acids is 1. The maximum absolute atomic E-state index is 12.4. The normalized spacial score (nSPS) is 20.9. The van der Waals surface area contributed by atoms with Crippen LogP contribution in [0.15, 0.2) is 18.5 Å². The van der Waals surface area contributed by atoms with Crippen molar-refractivity contribution >= 4 is 6.03 Å². The summed E-state index contributed by atoms with van der Waals surface area (Å²) in [7, 11) is 0. The molecule has 136 valence electrons. The third kappa shape index (κ3) is 5.79. The number of aromatic nitrogens is 2. The van der Waals surface area contributed by atoms with Gasteiger partial charge >= 0.3 is 6.03 Å². The molecule has 2 N–H and O–H groups in total. The summed E-state index contributed by atoms with van der Waals surface area (Å²) in [5.74, 6) is 0.320. The molecule has 1 aromatic heterocycles. The number of nitrogens with zero attached hydrogens (tertiary/aromatic N) is 4. The fraction of sp³-hybridized carbons (Fsp3) is 0.765. The zero-order chi connectivity index (χ0) is 17.7. The number of hydrogen-bond acceptors (Lipinski definition) is 4. The van der Waals surface area contributed by atoms with Crippen molar-refractivity contribution in [3.8, 4) is 0 Å². The van der Waals surface area contributed by atoms with Crippen molar-refractivity contribution in [1.82, 2.24) is 24.9 Å². The van der Waals surface area contributed by atoms with Crippen molar-refractivity contribution in [2.24, 2.45) is 5.92 Å². The lowest BCUT2D eigenvalue weighted by atomic mass is 10.1. The molecule has 0 aliphatic carbocycles. The van der Waals surface area contributed by atoms with E-state index in [2.05, 4.69) is 29.2 Å². The molecule has 0 aromatic carbocycles. The predicted molar refractivity (Wildman–Crippen MR) is 93.7 cm³/mol. The Morgan fingerprint density at radius 3 is 2.79 bits per heavy atom. The number of urea groups is 1. The lowest BCUT2D eigenvalue weighted by molar-refractivity contribution is 0.0118. The van der Waals surface area contributed by atoms with Gasteiger partial charge in [-0.2, -0.15) is 5.10 Å². The molecule has 1 fully saturated rings. The number of aliphatic hydroxyl groups is 1. The van der Waals surface area contributed by atoms with Gasteiger partial charge in [-0.1, -0.05) is 6.92 Å². The molecule has 7 heteroatoms. The summed E-state index contributed by atoms with van der Waals surface area (Å²) in [6.07, 6.45) is 3.70. The SMILES string of the molecule is C[C@H](CNC(=O)N1CCN(CC(C)(C)O)C[C@H]1C)Cn1cccn1. The third-order valence-corrected chi connectivity index (χ3v) is 4.24. The van der Waals surface area contributed by atoms with Gasteiger partial charge < -0.3 is 15.3 Å². The molecule has 2 atom stereocenters. The van der Waals surface area contributed by atoms with E-state index in [9.17, 15) is 9.90 Å². The molecular formula is C17H31N5O2. The van der Waals surface area contributed by atoms with Gasteiger partial charge in [0.15, 0.2) is 0 Å². The summed E-state index contributed by atoms with van der Waals surface area (Å²) < 4.78 is 1.88. The van der Waals surface area contributed by atoms with E-state index in [4.69, 9.17) is 0 Å². The van der Waals surface area contributed by atoms with Crippen LogP contribution >= 0.6 is 0 Å². The van der Waals surface area contributed by atoms with Gasteiger partial charge in [0.2, 0.25) is 0 Å². The van der Waals surface area contributed by atoms with Crippen molar-refractivity contribution in [3.05, 3.63) is 18.5 Å². The molecule has 2 amide bonds. The predicted octanol–water partition coefficient (Wildman–Crippen LogP) is 1.01. The number of hydrogen-bond donors (Lipinski definition) is 2. The summed E-state index contributed by atoms with van der Waals surface area (Å²) in [5, 5.41) is 17.2. The third-order valence-electron chi connectivity index (χ3n) is 4.24. The van der Waals surface area contributed by atoms with E-state index in [1.54, 1.807) is 6.20 Å². The van der Waals surface area contributed by atoms with Crippen molar-refractivity contribution < 1.29 is 9.90 Å². The van der Waals surface area contributed by atoms with E-state index in [-0.39, 0.29) is 12.1 Å². The summed E-state index contributed by atoms with van der Waals surface area (Å²) in [6.45, 7) is 12.1. The molecule has 0 unspecified atom stereocenters. The van der Waals surface area contributed by atoms with Crippen LogP contribution in [-0.2, 0) is 6.54 Å². The Balaban J connectivity index is 1.74. The van der Waals surface area contributed by atoms with Crippen molar-refractivity contribution in [3.63, 3.8) is 0 Å². The van der Waals surface area contributed by atoms with Crippen LogP contribution in [0.4, 0.5) is 4.79 Å². The molecule has 7 nitrogen and oxygen atoms in total. The highest BCUT2D eigenvalue weighted by Gasteiger charge is 2.29. The molecule has 2 rings (SSSR count). The average molecular weight is 337 g/mol. The van der Waals surface area contributed by atoms with Crippen LogP contribution in [0.1, 0.15) is 27.7 Å². The second kappa shape index (κ2) is 7.98. The Bertz CT molecular complexity index is 512. The Kier molecular flexibility index (Phi) is 6.23. The van der Waals surface area contributed by atoms with Crippen LogP contribution in [0.5, 0.6) is 0 Å². The molecular weight excluding hydrogens is 306 g/mol. The van der Waals surface area contributed by atoms with Gasteiger partial charge in [0.1, 0.15) is 0 Å². The second-order valence-electron chi connectivity index (χ2n) is 7.61. The Labute approximate surface area is 144 Å². The fourth-order valence-electron chi connectivity index (χ4n) is 3.18. The molecule has 0 saturated carbocycles. The van der Waals surface area contributed by atoms with Gasteiger partial charge in [-0.15, -0.1) is 0 Å². The summed E-state index contributed by atoms with van der Waals surface area (Å²) >= 11 is 0. The second-order valence-corrected chi connectivity index (χ2v) is 7.61. The molecule has 0 spiro atoms. The summed E-state index contributed by atoms with van der Waals surface area (Å²) in [5.41, 5.74) is -0.702. The van der Waals surface area contributed by atoms with E-state index in [0.29, 0.717) is 25.6 Å². The van der Waals surface area contributed by atoms with Crippen LogP contribution in [0.3, 0.4) is 0 Å². The quantitative estimate of drug-likeness (QED) is 0.812. The first-order chi connectivity index (χ1) is 11.2. The number of amides is 2. The van der Waals surface area contributed by atoms with Crippen LogP contribution < -0.4 is 5.32 Å². The van der Waals surface area contributed by atoms with E-state index < -0.39 is 5.60 Å². The van der Waals surface area contributed by atoms with Gasteiger partial charge in [-0.25, -0.2) is 4.79 Å². The van der Waals surface area contributed by atoms with Gasteiger partial charge in [-0.05, 0) is 32.8 Å². The highest BCUT2D eigenvalue weighted by Crippen LogP contribution is 2.13. The van der Waals surface area contributed by atoms with E-state index in [0.717, 1.165) is 19.6 Å². The molecule has 0 radical (unpaired) electrons. The van der Waals surface area contributed by atoms with E-state index >= 15 is 0 Å². The molecule has 0 bridgehead atoms. The lowest BCUT2D eigenvalue weighted by Crippen LogP contribution is -2.58. The van der Waals surface area contributed by atoms with Gasteiger partial charge in [0.05, 0.1) is 5.60 Å². The van der Waals surface area contributed by atoms with Gasteiger partial charge in [0, 0.05) is 57.7 Å². The number of piperazine rings is 1. The highest BCUT2D eigenvalue weighted by molar-refractivity contribution is 5.74. The zero-order valence-electron chi connectivity index (χ0n) is 15.3. The van der Waals surface area contributed by atoms with E-state index in [1.807, 2.05) is 35.7 Å². The van der Waals surface area contributed by atoms with Crippen molar-refractivity contribution in [2.75, 3.05) is 32.7 Å². The van der Waals surface area contributed by atoms with E-state index in [1.165, 1.54) is 0 Å². The molecule has 1 saturated heterocycles. The van der Waals surface area contributed by atoms with Gasteiger partial charge in [0.25, 0.3) is 0 Å². The largest absolute Gasteiger partial charge is 0.389 e. The topological polar surface area (TPSA) is 73.6 Å². The average Bonchev–Trinajstić information content (AvgIpc) is 2.96. The number of β-amino-alcohol motifs (C(OH)–C–C–N with tert-alkyl or cyclic N) is 1. The molecule has 1 aromatic rings. The standard InChI is InChI=1S/C17H31N5O2/c1-14(11-21-7-5-6-19-21)10-18-16(23)22-9-8-20(12-15(22)2)13-17(3,4)24/h5-7,14-15,24H,8-13H2,1-4H3,(H,18,23)/t14-,15-/m1/s1. The lowest BCUT2D eigenvalue weighted by Gasteiger charge is -2.41. The first-order valence-corrected chi connectivity index (χ1v) is 8.71. The fourth-order valence-corrected chi connectivity index (χ4v) is 3.18. The first-order valence-electron chi connectivity index (χ1n) is 8.71.